The zero-order valence-electron chi connectivity index (χ0n) is 18.1. The van der Waals surface area contributed by atoms with E-state index in [4.69, 9.17) is 26.2 Å². The molecule has 8 heteroatoms. The van der Waals surface area contributed by atoms with Gasteiger partial charge in [-0.25, -0.2) is 13.6 Å². The smallest absolute Gasteiger partial charge is 0.238 e. The lowest BCUT2D eigenvalue weighted by Gasteiger charge is -2.15. The maximum atomic E-state index is 11.3. The summed E-state index contributed by atoms with van der Waals surface area (Å²) in [6.07, 6.45) is 0.744. The summed E-state index contributed by atoms with van der Waals surface area (Å²) in [5, 5.41) is 8.98. The molecular weight excluding hydrogens is 448 g/mol. The van der Waals surface area contributed by atoms with Crippen molar-refractivity contribution in [3.8, 4) is 11.5 Å². The van der Waals surface area contributed by atoms with Crippen molar-refractivity contribution in [3.63, 3.8) is 0 Å². The Hall–Kier alpha value is -2.58. The van der Waals surface area contributed by atoms with Gasteiger partial charge in [-0.05, 0) is 60.8 Å². The van der Waals surface area contributed by atoms with E-state index in [1.54, 1.807) is 19.2 Å². The van der Waals surface area contributed by atoms with Crippen molar-refractivity contribution >= 4 is 21.6 Å². The minimum absolute atomic E-state index is 0.112. The normalized spacial score (nSPS) is 11.4. The number of rotatable bonds is 10. The summed E-state index contributed by atoms with van der Waals surface area (Å²) in [4.78, 5) is 0.112. The molecule has 0 aromatic heterocycles. The molecular formula is C24H27ClN2O4S. The highest BCUT2D eigenvalue weighted by Crippen LogP contribution is 2.37. The van der Waals surface area contributed by atoms with Crippen LogP contribution in [0.1, 0.15) is 22.3 Å². The van der Waals surface area contributed by atoms with Crippen LogP contribution < -0.4 is 19.9 Å². The van der Waals surface area contributed by atoms with E-state index in [1.165, 1.54) is 17.7 Å². The van der Waals surface area contributed by atoms with Gasteiger partial charge in [-0.2, -0.15) is 0 Å². The van der Waals surface area contributed by atoms with Gasteiger partial charge in [0.15, 0.2) is 11.5 Å². The Morgan fingerprint density at radius 1 is 1.00 bits per heavy atom. The number of nitrogens with one attached hydrogen (secondary N) is 1. The lowest BCUT2D eigenvalue weighted by Crippen LogP contribution is -2.17. The summed E-state index contributed by atoms with van der Waals surface area (Å²) in [5.41, 5.74) is 4.22. The molecule has 0 saturated carbocycles. The van der Waals surface area contributed by atoms with Crippen molar-refractivity contribution in [2.24, 2.45) is 5.14 Å². The summed E-state index contributed by atoms with van der Waals surface area (Å²) >= 11 is 6.48. The molecule has 6 nitrogen and oxygen atoms in total. The number of aryl methyl sites for hydroxylation is 1. The van der Waals surface area contributed by atoms with Crippen molar-refractivity contribution in [1.82, 2.24) is 5.32 Å². The number of nitrogens with two attached hydrogens (primary N) is 1. The Morgan fingerprint density at radius 2 is 1.75 bits per heavy atom. The van der Waals surface area contributed by atoms with Crippen molar-refractivity contribution < 1.29 is 17.9 Å². The maximum Gasteiger partial charge on any atom is 0.238 e. The fraction of sp³-hybridized carbons (Fsp3) is 0.250. The first-order chi connectivity index (χ1) is 15.3. The quantitative estimate of drug-likeness (QED) is 0.429. The lowest BCUT2D eigenvalue weighted by atomic mass is 10.1. The van der Waals surface area contributed by atoms with Gasteiger partial charge in [0, 0.05) is 6.54 Å². The molecule has 0 heterocycles. The van der Waals surface area contributed by atoms with E-state index < -0.39 is 10.0 Å². The summed E-state index contributed by atoms with van der Waals surface area (Å²) in [7, 11) is -2.08. The van der Waals surface area contributed by atoms with Gasteiger partial charge in [0.2, 0.25) is 10.0 Å². The summed E-state index contributed by atoms with van der Waals surface area (Å²) in [6, 6.07) is 18.5. The highest BCUT2D eigenvalue weighted by atomic mass is 35.5. The van der Waals surface area contributed by atoms with Gasteiger partial charge in [-0.1, -0.05) is 53.6 Å². The third-order valence-corrected chi connectivity index (χ3v) is 6.14. The number of primary sulfonamides is 1. The Labute approximate surface area is 194 Å². The maximum absolute atomic E-state index is 11.3. The van der Waals surface area contributed by atoms with Gasteiger partial charge in [0.05, 0.1) is 17.0 Å². The second-order valence-corrected chi connectivity index (χ2v) is 9.47. The Bertz CT molecular complexity index is 1170. The molecule has 0 radical (unpaired) electrons. The first kappa shape index (κ1) is 24.1. The Kier molecular flexibility index (Phi) is 8.15. The second kappa shape index (κ2) is 10.8. The average molecular weight is 475 g/mol. The fourth-order valence-corrected chi connectivity index (χ4v) is 4.09. The molecule has 170 valence electrons. The zero-order valence-corrected chi connectivity index (χ0v) is 19.7. The van der Waals surface area contributed by atoms with Crippen molar-refractivity contribution in [3.05, 3.63) is 87.9 Å². The average Bonchev–Trinajstić information content (AvgIpc) is 2.75. The largest absolute Gasteiger partial charge is 0.493 e. The van der Waals surface area contributed by atoms with E-state index in [9.17, 15) is 8.42 Å². The molecule has 0 unspecified atom stereocenters. The SMILES string of the molecule is COc1cc(CNCCc2ccc(S(N)(=O)=O)cc2)cc(Cl)c1OCc1cccc(C)c1. The van der Waals surface area contributed by atoms with Crippen LogP contribution in [-0.2, 0) is 29.6 Å². The van der Waals surface area contributed by atoms with Gasteiger partial charge in [-0.15, -0.1) is 0 Å². The van der Waals surface area contributed by atoms with Crippen LogP contribution in [-0.4, -0.2) is 22.1 Å². The Balaban J connectivity index is 1.56. The molecule has 3 aromatic carbocycles. The summed E-state index contributed by atoms with van der Waals surface area (Å²) in [6.45, 7) is 3.75. The number of ether oxygens (including phenoxy) is 2. The molecule has 3 N–H and O–H groups in total. The summed E-state index contributed by atoms with van der Waals surface area (Å²) < 4.78 is 34.1. The van der Waals surface area contributed by atoms with Crippen LogP contribution in [0.4, 0.5) is 0 Å². The van der Waals surface area contributed by atoms with E-state index >= 15 is 0 Å². The molecule has 0 atom stereocenters. The van der Waals surface area contributed by atoms with Gasteiger partial charge in [0.1, 0.15) is 6.61 Å². The molecule has 32 heavy (non-hydrogen) atoms. The lowest BCUT2D eigenvalue weighted by molar-refractivity contribution is 0.284. The Morgan fingerprint density at radius 3 is 2.41 bits per heavy atom. The van der Waals surface area contributed by atoms with E-state index in [-0.39, 0.29) is 4.90 Å². The molecule has 0 bridgehead atoms. The molecule has 0 saturated heterocycles. The molecule has 0 aliphatic heterocycles. The molecule has 0 aliphatic rings. The monoisotopic (exact) mass is 474 g/mol. The highest BCUT2D eigenvalue weighted by molar-refractivity contribution is 7.89. The number of sulfonamides is 1. The van der Waals surface area contributed by atoms with Crippen LogP contribution in [0.2, 0.25) is 5.02 Å². The summed E-state index contributed by atoms with van der Waals surface area (Å²) in [5.74, 6) is 1.11. The van der Waals surface area contributed by atoms with Crippen molar-refractivity contribution in [2.75, 3.05) is 13.7 Å². The standard InChI is InChI=1S/C24H27ClN2O4S/c1-17-4-3-5-19(12-17)16-31-24-22(25)13-20(14-23(24)30-2)15-27-11-10-18-6-8-21(9-7-18)32(26,28)29/h3-9,12-14,27H,10-11,15-16H2,1-2H3,(H2,26,28,29). The highest BCUT2D eigenvalue weighted by Gasteiger charge is 2.13. The first-order valence-corrected chi connectivity index (χ1v) is 12.1. The fourth-order valence-electron chi connectivity index (χ4n) is 3.28. The van der Waals surface area contributed by atoms with E-state index in [0.717, 1.165) is 23.1 Å². The minimum Gasteiger partial charge on any atom is -0.493 e. The zero-order chi connectivity index (χ0) is 23.1. The molecule has 0 amide bonds. The number of hydrogen-bond donors (Lipinski definition) is 2. The molecule has 3 rings (SSSR count). The first-order valence-electron chi connectivity index (χ1n) is 10.1. The van der Waals surface area contributed by atoms with Crippen LogP contribution in [0.15, 0.2) is 65.6 Å². The van der Waals surface area contributed by atoms with Gasteiger partial charge < -0.3 is 14.8 Å². The molecule has 0 aliphatic carbocycles. The predicted molar refractivity (Wildman–Crippen MR) is 127 cm³/mol. The topological polar surface area (TPSA) is 90.6 Å². The van der Waals surface area contributed by atoms with Crippen LogP contribution in [0, 0.1) is 6.92 Å². The molecule has 0 spiro atoms. The molecule has 3 aromatic rings. The number of benzene rings is 3. The van der Waals surface area contributed by atoms with E-state index in [0.29, 0.717) is 36.2 Å². The second-order valence-electron chi connectivity index (χ2n) is 7.50. The third-order valence-electron chi connectivity index (χ3n) is 4.93. The van der Waals surface area contributed by atoms with Crippen molar-refractivity contribution in [1.29, 1.82) is 0 Å². The van der Waals surface area contributed by atoms with Crippen LogP contribution in [0.5, 0.6) is 11.5 Å². The van der Waals surface area contributed by atoms with Crippen LogP contribution >= 0.6 is 11.6 Å². The predicted octanol–water partition coefficient (Wildman–Crippen LogP) is 4.22. The van der Waals surface area contributed by atoms with Gasteiger partial charge in [0.25, 0.3) is 0 Å². The van der Waals surface area contributed by atoms with Crippen LogP contribution in [0.3, 0.4) is 0 Å². The van der Waals surface area contributed by atoms with E-state index in [2.05, 4.69) is 11.4 Å². The third kappa shape index (κ3) is 6.71. The number of hydrogen-bond acceptors (Lipinski definition) is 5. The van der Waals surface area contributed by atoms with Crippen molar-refractivity contribution in [2.45, 2.75) is 31.4 Å². The van der Waals surface area contributed by atoms with E-state index in [1.807, 2.05) is 37.3 Å². The minimum atomic E-state index is -3.67. The number of halogens is 1. The number of methoxy groups -OCH3 is 1. The van der Waals surface area contributed by atoms with Gasteiger partial charge >= 0.3 is 0 Å². The van der Waals surface area contributed by atoms with Crippen LogP contribution in [0.25, 0.3) is 0 Å². The van der Waals surface area contributed by atoms with Gasteiger partial charge in [-0.3, -0.25) is 0 Å². The molecule has 0 fully saturated rings.